The first-order valence-corrected chi connectivity index (χ1v) is 9.17. The van der Waals surface area contributed by atoms with Gasteiger partial charge in [-0.3, -0.25) is 4.79 Å². The molecule has 2 aliphatic rings. The van der Waals surface area contributed by atoms with Gasteiger partial charge >= 0.3 is 5.97 Å². The summed E-state index contributed by atoms with van der Waals surface area (Å²) < 4.78 is 11.0. The van der Waals surface area contributed by atoms with Crippen molar-refractivity contribution in [3.05, 3.63) is 77.3 Å². The Kier molecular flexibility index (Phi) is 4.47. The van der Waals surface area contributed by atoms with Gasteiger partial charge in [-0.05, 0) is 41.5 Å². The van der Waals surface area contributed by atoms with Gasteiger partial charge in [0.1, 0.15) is 5.75 Å². The van der Waals surface area contributed by atoms with E-state index in [1.807, 2.05) is 12.1 Å². The lowest BCUT2D eigenvalue weighted by molar-refractivity contribution is -0.163. The van der Waals surface area contributed by atoms with E-state index in [0.717, 1.165) is 11.1 Å². The Morgan fingerprint density at radius 1 is 1.25 bits per heavy atom. The molecule has 4 rings (SSSR count). The predicted octanol–water partition coefficient (Wildman–Crippen LogP) is 4.11. The Balaban J connectivity index is 1.85. The molecule has 2 aliphatic heterocycles. The number of esters is 1. The van der Waals surface area contributed by atoms with Crippen LogP contribution in [0.15, 0.2) is 61.2 Å². The number of amides is 1. The zero-order valence-corrected chi connectivity index (χ0v) is 16.0. The Morgan fingerprint density at radius 3 is 2.68 bits per heavy atom. The Bertz CT molecular complexity index is 1010. The Morgan fingerprint density at radius 2 is 2.00 bits per heavy atom. The number of carbonyl (C=O) groups is 2. The maximum absolute atomic E-state index is 13.4. The second-order valence-corrected chi connectivity index (χ2v) is 7.13. The molecule has 0 radical (unpaired) electrons. The molecular formula is C22H18ClNO4. The van der Waals surface area contributed by atoms with Crippen LogP contribution in [0.5, 0.6) is 5.75 Å². The molecule has 2 aromatic carbocycles. The van der Waals surface area contributed by atoms with Crippen LogP contribution in [0.3, 0.4) is 0 Å². The number of ether oxygens (including phenoxy) is 2. The number of anilines is 1. The van der Waals surface area contributed by atoms with Crippen molar-refractivity contribution >= 4 is 34.7 Å². The van der Waals surface area contributed by atoms with Crippen LogP contribution in [-0.2, 0) is 19.9 Å². The number of carbonyl (C=O) groups excluding carboxylic acids is 2. The van der Waals surface area contributed by atoms with Gasteiger partial charge in [0.05, 0.1) is 12.8 Å². The van der Waals surface area contributed by atoms with Crippen LogP contribution in [0.2, 0.25) is 5.02 Å². The number of hydrogen-bond donors (Lipinski definition) is 0. The van der Waals surface area contributed by atoms with E-state index in [0.29, 0.717) is 28.6 Å². The maximum atomic E-state index is 13.4. The van der Waals surface area contributed by atoms with Gasteiger partial charge < -0.3 is 14.4 Å². The van der Waals surface area contributed by atoms with Crippen LogP contribution in [0, 0.1) is 0 Å². The first-order valence-electron chi connectivity index (χ1n) is 8.79. The molecule has 1 amide bonds. The van der Waals surface area contributed by atoms with Gasteiger partial charge in [-0.15, -0.1) is 6.58 Å². The van der Waals surface area contributed by atoms with E-state index in [4.69, 9.17) is 21.1 Å². The highest BCUT2D eigenvalue weighted by atomic mass is 35.5. The van der Waals surface area contributed by atoms with Gasteiger partial charge in [0.2, 0.25) is 5.60 Å². The molecule has 0 saturated heterocycles. The SMILES string of the molecule is C=CCN1C(=O)[C@]2(CC(c3ccc(Cl)cc3)=CC(=O)O2)c2cc(OC)ccc21. The lowest BCUT2D eigenvalue weighted by Crippen LogP contribution is -2.45. The summed E-state index contributed by atoms with van der Waals surface area (Å²) in [6.45, 7) is 4.05. The Labute approximate surface area is 167 Å². The highest BCUT2D eigenvalue weighted by Crippen LogP contribution is 2.50. The second kappa shape index (κ2) is 6.84. The summed E-state index contributed by atoms with van der Waals surface area (Å²) in [6, 6.07) is 12.5. The van der Waals surface area contributed by atoms with E-state index in [1.165, 1.54) is 6.08 Å². The van der Waals surface area contributed by atoms with Gasteiger partial charge in [0, 0.05) is 29.6 Å². The zero-order valence-electron chi connectivity index (χ0n) is 15.3. The molecule has 2 heterocycles. The van der Waals surface area contributed by atoms with E-state index in [-0.39, 0.29) is 12.3 Å². The number of benzene rings is 2. The fourth-order valence-corrected chi connectivity index (χ4v) is 3.90. The number of fused-ring (bicyclic) bond motifs is 2. The first-order chi connectivity index (χ1) is 13.5. The summed E-state index contributed by atoms with van der Waals surface area (Å²) in [5.74, 6) is -0.257. The second-order valence-electron chi connectivity index (χ2n) is 6.69. The third kappa shape index (κ3) is 2.79. The van der Waals surface area contributed by atoms with Crippen LogP contribution < -0.4 is 9.64 Å². The number of hydrogen-bond acceptors (Lipinski definition) is 4. The van der Waals surface area contributed by atoms with Gasteiger partial charge in [0.25, 0.3) is 5.91 Å². The predicted molar refractivity (Wildman–Crippen MR) is 107 cm³/mol. The average molecular weight is 396 g/mol. The molecule has 2 aromatic rings. The average Bonchev–Trinajstić information content (AvgIpc) is 2.90. The van der Waals surface area contributed by atoms with Crippen LogP contribution in [0.1, 0.15) is 17.5 Å². The monoisotopic (exact) mass is 395 g/mol. The Hall–Kier alpha value is -3.05. The number of methoxy groups -OCH3 is 1. The minimum atomic E-state index is -1.42. The molecule has 28 heavy (non-hydrogen) atoms. The van der Waals surface area contributed by atoms with Crippen LogP contribution in [-0.4, -0.2) is 25.5 Å². The zero-order chi connectivity index (χ0) is 19.9. The minimum absolute atomic E-state index is 0.229. The number of rotatable bonds is 4. The molecule has 0 saturated carbocycles. The van der Waals surface area contributed by atoms with Crippen molar-refractivity contribution in [1.82, 2.24) is 0 Å². The smallest absolute Gasteiger partial charge is 0.332 e. The quantitative estimate of drug-likeness (QED) is 0.577. The van der Waals surface area contributed by atoms with E-state index in [1.54, 1.807) is 48.4 Å². The van der Waals surface area contributed by atoms with E-state index in [9.17, 15) is 9.59 Å². The molecule has 0 aliphatic carbocycles. The summed E-state index contributed by atoms with van der Waals surface area (Å²) in [5.41, 5.74) is 1.42. The van der Waals surface area contributed by atoms with Crippen molar-refractivity contribution in [3.8, 4) is 5.75 Å². The molecule has 142 valence electrons. The van der Waals surface area contributed by atoms with E-state index >= 15 is 0 Å². The molecule has 0 aromatic heterocycles. The van der Waals surface area contributed by atoms with Crippen molar-refractivity contribution in [2.24, 2.45) is 0 Å². The van der Waals surface area contributed by atoms with Gasteiger partial charge in [-0.25, -0.2) is 4.79 Å². The molecule has 1 atom stereocenters. The fraction of sp³-hybridized carbons (Fsp3) is 0.182. The van der Waals surface area contributed by atoms with Gasteiger partial charge in [-0.1, -0.05) is 29.8 Å². The molecular weight excluding hydrogens is 378 g/mol. The van der Waals surface area contributed by atoms with Crippen molar-refractivity contribution in [2.75, 3.05) is 18.6 Å². The van der Waals surface area contributed by atoms with Crippen molar-refractivity contribution in [1.29, 1.82) is 0 Å². The van der Waals surface area contributed by atoms with Crippen LogP contribution in [0.25, 0.3) is 5.57 Å². The number of halogens is 1. The summed E-state index contributed by atoms with van der Waals surface area (Å²) in [7, 11) is 1.55. The molecule has 5 nitrogen and oxygen atoms in total. The van der Waals surface area contributed by atoms with Crippen molar-refractivity contribution in [3.63, 3.8) is 0 Å². The molecule has 1 spiro atoms. The summed E-state index contributed by atoms with van der Waals surface area (Å²) >= 11 is 5.98. The van der Waals surface area contributed by atoms with Gasteiger partial charge in [0.15, 0.2) is 0 Å². The highest BCUT2D eigenvalue weighted by molar-refractivity contribution is 6.30. The lowest BCUT2D eigenvalue weighted by atomic mass is 9.83. The third-order valence-electron chi connectivity index (χ3n) is 5.05. The third-order valence-corrected chi connectivity index (χ3v) is 5.31. The highest BCUT2D eigenvalue weighted by Gasteiger charge is 2.55. The molecule has 0 bridgehead atoms. The summed E-state index contributed by atoms with van der Waals surface area (Å²) in [5, 5.41) is 0.599. The van der Waals surface area contributed by atoms with E-state index in [2.05, 4.69) is 6.58 Å². The molecule has 0 N–H and O–H groups in total. The maximum Gasteiger partial charge on any atom is 0.332 e. The molecule has 0 fully saturated rings. The molecule has 0 unspecified atom stereocenters. The summed E-state index contributed by atoms with van der Waals surface area (Å²) in [6.07, 6.45) is 3.30. The minimum Gasteiger partial charge on any atom is -0.497 e. The normalized spacial score (nSPS) is 20.6. The fourth-order valence-electron chi connectivity index (χ4n) is 3.77. The largest absolute Gasteiger partial charge is 0.497 e. The topological polar surface area (TPSA) is 55.8 Å². The summed E-state index contributed by atoms with van der Waals surface area (Å²) in [4.78, 5) is 27.5. The standard InChI is InChI=1S/C22H18ClNO4/c1-3-10-24-19-9-8-17(27-2)12-18(19)22(21(24)26)13-15(11-20(25)28-22)14-4-6-16(23)7-5-14/h3-9,11-12H,1,10,13H2,2H3/t22-/m0/s1. The van der Waals surface area contributed by atoms with E-state index < -0.39 is 11.6 Å². The van der Waals surface area contributed by atoms with Crippen molar-refractivity contribution in [2.45, 2.75) is 12.0 Å². The van der Waals surface area contributed by atoms with Crippen LogP contribution >= 0.6 is 11.6 Å². The molecule has 6 heteroatoms. The van der Waals surface area contributed by atoms with Crippen molar-refractivity contribution < 1.29 is 19.1 Å². The first kappa shape index (κ1) is 18.3. The number of nitrogens with zero attached hydrogens (tertiary/aromatic N) is 1. The van der Waals surface area contributed by atoms with Crippen LogP contribution in [0.4, 0.5) is 5.69 Å². The van der Waals surface area contributed by atoms with Gasteiger partial charge in [-0.2, -0.15) is 0 Å². The lowest BCUT2D eigenvalue weighted by Gasteiger charge is -2.32.